The molecular weight excluding hydrogens is 250 g/mol. The molecule has 1 heterocycles. The zero-order valence-electron chi connectivity index (χ0n) is 12.6. The normalized spacial score (nSPS) is 23.6. The number of ether oxygens (including phenoxy) is 1. The number of likely N-dealkylation sites (tertiary alicyclic amines) is 1. The van der Waals surface area contributed by atoms with E-state index in [1.54, 1.807) is 7.11 Å². The summed E-state index contributed by atoms with van der Waals surface area (Å²) in [5.74, 6) is 0.726. The predicted octanol–water partition coefficient (Wildman–Crippen LogP) is 2.74. The summed E-state index contributed by atoms with van der Waals surface area (Å²) < 4.78 is 5.26. The third kappa shape index (κ3) is 3.12. The van der Waals surface area contributed by atoms with Crippen molar-refractivity contribution in [3.05, 3.63) is 29.3 Å². The summed E-state index contributed by atoms with van der Waals surface area (Å²) in [5.41, 5.74) is 7.51. The number of hydrogen-bond acceptors (Lipinski definition) is 3. The van der Waals surface area contributed by atoms with Gasteiger partial charge in [0, 0.05) is 18.6 Å². The van der Waals surface area contributed by atoms with Crippen molar-refractivity contribution in [1.29, 1.82) is 5.41 Å². The van der Waals surface area contributed by atoms with Crippen LogP contribution in [0, 0.1) is 5.41 Å². The molecule has 3 N–H and O–H groups in total. The molecule has 0 aliphatic carbocycles. The molecule has 0 spiro atoms. The van der Waals surface area contributed by atoms with Crippen LogP contribution in [-0.4, -0.2) is 29.9 Å². The highest BCUT2D eigenvalue weighted by atomic mass is 16.5. The monoisotopic (exact) mass is 275 g/mol. The third-order valence-corrected chi connectivity index (χ3v) is 4.30. The number of nitrogens with two attached hydrogens (primary N) is 1. The van der Waals surface area contributed by atoms with Crippen LogP contribution in [0.25, 0.3) is 0 Å². The molecule has 20 heavy (non-hydrogen) atoms. The highest BCUT2D eigenvalue weighted by molar-refractivity contribution is 5.97. The molecule has 1 saturated heterocycles. The second-order valence-corrected chi connectivity index (χ2v) is 5.75. The standard InChI is InChI=1S/C16H25N3O/c1-11-5-4-6-12(2)19(11)10-13-7-8-15(20-3)14(9-13)16(17)18/h7-9,11-12H,4-6,10H2,1-3H3,(H3,17,18)/t11-,12+. The predicted molar refractivity (Wildman–Crippen MR) is 82.3 cm³/mol. The molecule has 0 amide bonds. The number of amidine groups is 1. The first-order valence-electron chi connectivity index (χ1n) is 7.30. The van der Waals surface area contributed by atoms with Crippen LogP contribution in [0.1, 0.15) is 44.2 Å². The minimum atomic E-state index is 0.0587. The van der Waals surface area contributed by atoms with Crippen LogP contribution in [0.2, 0.25) is 0 Å². The van der Waals surface area contributed by atoms with E-state index in [1.807, 2.05) is 12.1 Å². The van der Waals surface area contributed by atoms with Gasteiger partial charge in [-0.15, -0.1) is 0 Å². The molecular formula is C16H25N3O. The zero-order valence-corrected chi connectivity index (χ0v) is 12.6. The molecule has 0 radical (unpaired) electrons. The van der Waals surface area contributed by atoms with E-state index in [0.29, 0.717) is 23.4 Å². The van der Waals surface area contributed by atoms with Gasteiger partial charge >= 0.3 is 0 Å². The van der Waals surface area contributed by atoms with Gasteiger partial charge in [0.2, 0.25) is 0 Å². The van der Waals surface area contributed by atoms with E-state index in [9.17, 15) is 0 Å². The lowest BCUT2D eigenvalue weighted by molar-refractivity contribution is 0.0952. The van der Waals surface area contributed by atoms with Crippen LogP contribution >= 0.6 is 0 Å². The fourth-order valence-electron chi connectivity index (χ4n) is 3.06. The van der Waals surface area contributed by atoms with Gasteiger partial charge in [0.1, 0.15) is 11.6 Å². The number of rotatable bonds is 4. The van der Waals surface area contributed by atoms with Crippen LogP contribution < -0.4 is 10.5 Å². The van der Waals surface area contributed by atoms with Gasteiger partial charge in [-0.2, -0.15) is 0 Å². The first-order chi connectivity index (χ1) is 9.52. The molecule has 1 aliphatic rings. The lowest BCUT2D eigenvalue weighted by atomic mass is 9.96. The lowest BCUT2D eigenvalue weighted by Gasteiger charge is -2.39. The molecule has 0 saturated carbocycles. The van der Waals surface area contributed by atoms with E-state index in [2.05, 4.69) is 24.8 Å². The topological polar surface area (TPSA) is 62.3 Å². The van der Waals surface area contributed by atoms with Crippen molar-refractivity contribution in [2.75, 3.05) is 7.11 Å². The molecule has 110 valence electrons. The average molecular weight is 275 g/mol. The number of nitrogen functional groups attached to an aromatic ring is 1. The molecule has 1 aliphatic heterocycles. The third-order valence-electron chi connectivity index (χ3n) is 4.30. The maximum Gasteiger partial charge on any atom is 0.129 e. The number of hydrogen-bond donors (Lipinski definition) is 2. The van der Waals surface area contributed by atoms with E-state index in [1.165, 1.54) is 24.8 Å². The van der Waals surface area contributed by atoms with Gasteiger partial charge in [0.15, 0.2) is 0 Å². The van der Waals surface area contributed by atoms with Crippen LogP contribution in [0.15, 0.2) is 18.2 Å². The highest BCUT2D eigenvalue weighted by Crippen LogP contribution is 2.26. The summed E-state index contributed by atoms with van der Waals surface area (Å²) in [6, 6.07) is 7.18. The van der Waals surface area contributed by atoms with E-state index in [0.717, 1.165) is 6.54 Å². The fourth-order valence-corrected chi connectivity index (χ4v) is 3.06. The number of methoxy groups -OCH3 is 1. The number of piperidine rings is 1. The van der Waals surface area contributed by atoms with Crippen LogP contribution in [0.5, 0.6) is 5.75 Å². The van der Waals surface area contributed by atoms with E-state index in [4.69, 9.17) is 15.9 Å². The van der Waals surface area contributed by atoms with Gasteiger partial charge in [0.25, 0.3) is 0 Å². The van der Waals surface area contributed by atoms with Crippen molar-refractivity contribution >= 4 is 5.84 Å². The summed E-state index contributed by atoms with van der Waals surface area (Å²) >= 11 is 0. The van der Waals surface area contributed by atoms with Crippen molar-refractivity contribution in [1.82, 2.24) is 4.90 Å². The lowest BCUT2D eigenvalue weighted by Crippen LogP contribution is -2.42. The number of benzene rings is 1. The molecule has 1 aromatic rings. The highest BCUT2D eigenvalue weighted by Gasteiger charge is 2.24. The molecule has 2 rings (SSSR count). The Hall–Kier alpha value is -1.55. The molecule has 2 atom stereocenters. The summed E-state index contributed by atoms with van der Waals surface area (Å²) in [5, 5.41) is 7.66. The molecule has 4 nitrogen and oxygen atoms in total. The van der Waals surface area contributed by atoms with Gasteiger partial charge in [-0.1, -0.05) is 12.5 Å². The van der Waals surface area contributed by atoms with Gasteiger partial charge in [-0.3, -0.25) is 10.3 Å². The molecule has 1 fully saturated rings. The Balaban J connectivity index is 2.20. The van der Waals surface area contributed by atoms with Crippen molar-refractivity contribution in [3.8, 4) is 5.75 Å². The SMILES string of the molecule is COc1ccc(CN2[C@H](C)CCC[C@@H]2C)cc1C(=N)N. The molecule has 4 heteroatoms. The minimum absolute atomic E-state index is 0.0587. The van der Waals surface area contributed by atoms with Crippen LogP contribution in [-0.2, 0) is 6.54 Å². The number of nitrogens with one attached hydrogen (secondary N) is 1. The van der Waals surface area contributed by atoms with Crippen molar-refractivity contribution in [2.24, 2.45) is 5.73 Å². The van der Waals surface area contributed by atoms with Crippen LogP contribution in [0.4, 0.5) is 0 Å². The minimum Gasteiger partial charge on any atom is -0.496 e. The van der Waals surface area contributed by atoms with E-state index >= 15 is 0 Å². The van der Waals surface area contributed by atoms with Crippen molar-refractivity contribution in [2.45, 2.75) is 51.7 Å². The Bertz CT molecular complexity index is 477. The van der Waals surface area contributed by atoms with Gasteiger partial charge in [-0.25, -0.2) is 0 Å². The quantitative estimate of drug-likeness (QED) is 0.656. The van der Waals surface area contributed by atoms with E-state index < -0.39 is 0 Å². The smallest absolute Gasteiger partial charge is 0.129 e. The van der Waals surface area contributed by atoms with E-state index in [-0.39, 0.29) is 5.84 Å². The Labute approximate surface area is 121 Å². The first-order valence-corrected chi connectivity index (χ1v) is 7.30. The first kappa shape index (κ1) is 14.9. The maximum atomic E-state index is 7.66. The van der Waals surface area contributed by atoms with Crippen molar-refractivity contribution < 1.29 is 4.74 Å². The van der Waals surface area contributed by atoms with Gasteiger partial charge in [0.05, 0.1) is 12.7 Å². The summed E-state index contributed by atoms with van der Waals surface area (Å²) in [7, 11) is 1.61. The Kier molecular flexibility index (Phi) is 4.65. The Morgan fingerprint density at radius 2 is 2.00 bits per heavy atom. The molecule has 0 unspecified atom stereocenters. The van der Waals surface area contributed by atoms with Gasteiger partial charge < -0.3 is 10.5 Å². The molecule has 0 aromatic heterocycles. The second-order valence-electron chi connectivity index (χ2n) is 5.75. The molecule has 1 aromatic carbocycles. The van der Waals surface area contributed by atoms with Gasteiger partial charge in [-0.05, 0) is 44.4 Å². The summed E-state index contributed by atoms with van der Waals surface area (Å²) in [4.78, 5) is 2.54. The Morgan fingerprint density at radius 3 is 2.55 bits per heavy atom. The maximum absolute atomic E-state index is 7.66. The Morgan fingerprint density at radius 1 is 1.35 bits per heavy atom. The number of nitrogens with zero attached hydrogens (tertiary/aromatic N) is 1. The summed E-state index contributed by atoms with van der Waals surface area (Å²) in [6.07, 6.45) is 3.85. The summed E-state index contributed by atoms with van der Waals surface area (Å²) in [6.45, 7) is 5.50. The van der Waals surface area contributed by atoms with Crippen molar-refractivity contribution in [3.63, 3.8) is 0 Å². The largest absolute Gasteiger partial charge is 0.496 e. The average Bonchev–Trinajstić information content (AvgIpc) is 2.43. The fraction of sp³-hybridized carbons (Fsp3) is 0.562. The zero-order chi connectivity index (χ0) is 14.7. The van der Waals surface area contributed by atoms with Crippen LogP contribution in [0.3, 0.4) is 0 Å². The molecule has 0 bridgehead atoms. The second kappa shape index (κ2) is 6.27.